The lowest BCUT2D eigenvalue weighted by atomic mass is 9.65. The summed E-state index contributed by atoms with van der Waals surface area (Å²) in [5.41, 5.74) is 12.1. The molecule has 0 fully saturated rings. The second-order valence-corrected chi connectivity index (χ2v) is 15.1. The summed E-state index contributed by atoms with van der Waals surface area (Å²) in [6.45, 7) is 7.78. The average Bonchev–Trinajstić information content (AvgIpc) is 3.72. The number of anilines is 3. The van der Waals surface area contributed by atoms with Crippen molar-refractivity contribution in [3.63, 3.8) is 0 Å². The van der Waals surface area contributed by atoms with Gasteiger partial charge in [0, 0.05) is 50.5 Å². The molecule has 0 radical (unpaired) electrons. The van der Waals surface area contributed by atoms with E-state index in [0.29, 0.717) is 5.69 Å². The third-order valence-corrected chi connectivity index (χ3v) is 12.5. The van der Waals surface area contributed by atoms with Gasteiger partial charge in [-0.1, -0.05) is 84.6 Å². The van der Waals surface area contributed by atoms with Crippen LogP contribution in [0.15, 0.2) is 174 Å². The number of benzene rings is 6. The van der Waals surface area contributed by atoms with Gasteiger partial charge in [-0.15, -0.1) is 0 Å². The Morgan fingerprint density at radius 1 is 0.564 bits per heavy atom. The maximum Gasteiger partial charge on any atom is 0.188 e. The molecule has 3 aromatic heterocycles. The Balaban J connectivity index is 1.18. The number of hydrogen-bond donors (Lipinski definition) is 0. The predicted molar refractivity (Wildman–Crippen MR) is 219 cm³/mol. The van der Waals surface area contributed by atoms with E-state index in [2.05, 4.69) is 142 Å². The van der Waals surface area contributed by atoms with Crippen molar-refractivity contribution in [2.75, 3.05) is 4.90 Å². The van der Waals surface area contributed by atoms with E-state index in [-0.39, 0.29) is 0 Å². The highest BCUT2D eigenvalue weighted by Crippen LogP contribution is 2.63. The van der Waals surface area contributed by atoms with Crippen molar-refractivity contribution in [2.24, 2.45) is 0 Å². The zero-order valence-corrected chi connectivity index (χ0v) is 30.0. The smallest absolute Gasteiger partial charge is 0.188 e. The molecule has 0 saturated carbocycles. The Bertz CT molecular complexity index is 3070. The van der Waals surface area contributed by atoms with Gasteiger partial charge in [0.1, 0.15) is 11.5 Å². The summed E-state index contributed by atoms with van der Waals surface area (Å²) in [5, 5.41) is 2.13. The van der Waals surface area contributed by atoms with Gasteiger partial charge in [0.25, 0.3) is 0 Å². The van der Waals surface area contributed by atoms with Crippen molar-refractivity contribution in [3.8, 4) is 28.6 Å². The average molecular weight is 722 g/mol. The monoisotopic (exact) mass is 721 g/mol. The fourth-order valence-electron chi connectivity index (χ4n) is 9.24. The van der Waals surface area contributed by atoms with Crippen LogP contribution in [-0.2, 0) is 5.41 Å². The van der Waals surface area contributed by atoms with Crippen LogP contribution in [0.1, 0.15) is 22.3 Å². The molecule has 3 aliphatic rings. The molecule has 1 spiro atoms. The number of para-hydroxylation sites is 3. The number of fused-ring (bicyclic) bond motifs is 14. The molecule has 1 aliphatic carbocycles. The van der Waals surface area contributed by atoms with Crippen LogP contribution in [0.3, 0.4) is 0 Å². The zero-order valence-electron chi connectivity index (χ0n) is 29.1. The number of pyridine rings is 2. The lowest BCUT2D eigenvalue weighted by Crippen LogP contribution is -2.34. The Labute approximate surface area is 320 Å². The first kappa shape index (κ1) is 30.3. The van der Waals surface area contributed by atoms with Crippen molar-refractivity contribution >= 4 is 56.3 Å². The first-order chi connectivity index (χ1) is 27.2. The zero-order chi connectivity index (χ0) is 36.3. The fourth-order valence-corrected chi connectivity index (χ4v) is 10.3. The summed E-state index contributed by atoms with van der Waals surface area (Å²) in [6.07, 6.45) is 3.72. The van der Waals surface area contributed by atoms with Crippen LogP contribution in [-0.4, -0.2) is 14.5 Å². The molecule has 0 atom stereocenters. The first-order valence-corrected chi connectivity index (χ1v) is 19.0. The lowest BCUT2D eigenvalue weighted by Gasteiger charge is -2.41. The standard InChI is InChI=1S/C48H27N5OS/c1-49-29-21-24-37-32(27-29)31-11-2-3-14-36(31)53(37)40-17-8-18-41-45(40)48(34-12-9-25-50-46(34)47-35(48)13-10-26-51-47)33-23-22-30(28-42(33)54-41)52-38-15-4-6-19-43(38)55-44-20-7-5-16-39(44)52/h2-28H. The number of nitrogens with zero attached hydrogens (tertiary/aromatic N) is 5. The summed E-state index contributed by atoms with van der Waals surface area (Å²) < 4.78 is 9.51. The summed E-state index contributed by atoms with van der Waals surface area (Å²) in [6, 6.07) is 53.1. The quantitative estimate of drug-likeness (QED) is 0.166. The molecule has 0 amide bonds. The largest absolute Gasteiger partial charge is 0.457 e. The van der Waals surface area contributed by atoms with Crippen LogP contribution < -0.4 is 9.64 Å². The van der Waals surface area contributed by atoms with E-state index in [1.54, 1.807) is 11.8 Å². The van der Waals surface area contributed by atoms with E-state index in [0.717, 1.165) is 89.7 Å². The first-order valence-electron chi connectivity index (χ1n) is 18.2. The van der Waals surface area contributed by atoms with Gasteiger partial charge in [-0.05, 0) is 89.3 Å². The minimum absolute atomic E-state index is 0.614. The highest BCUT2D eigenvalue weighted by Gasteiger charge is 2.54. The van der Waals surface area contributed by atoms with Crippen LogP contribution >= 0.6 is 11.8 Å². The van der Waals surface area contributed by atoms with Crippen molar-refractivity contribution < 1.29 is 4.74 Å². The van der Waals surface area contributed by atoms with Crippen molar-refractivity contribution in [1.29, 1.82) is 0 Å². The van der Waals surface area contributed by atoms with Gasteiger partial charge < -0.3 is 14.2 Å². The number of rotatable bonds is 2. The lowest BCUT2D eigenvalue weighted by molar-refractivity contribution is 0.436. The molecular weight excluding hydrogens is 695 g/mol. The molecule has 0 N–H and O–H groups in total. The van der Waals surface area contributed by atoms with Gasteiger partial charge in [-0.2, -0.15) is 0 Å². The van der Waals surface area contributed by atoms with Gasteiger partial charge >= 0.3 is 0 Å². The summed E-state index contributed by atoms with van der Waals surface area (Å²) in [5.74, 6) is 1.55. The molecule has 12 rings (SSSR count). The summed E-state index contributed by atoms with van der Waals surface area (Å²) in [7, 11) is 0. The minimum atomic E-state index is -0.813. The Hall–Kier alpha value is -7.14. The number of hydrogen-bond acceptors (Lipinski definition) is 5. The molecule has 0 bridgehead atoms. The van der Waals surface area contributed by atoms with Crippen molar-refractivity contribution in [1.82, 2.24) is 14.5 Å². The SMILES string of the molecule is [C-]#[N+]c1ccc2c(c1)c1ccccc1n2-c1cccc2c1C1(c3ccc(N4c5ccccc5Sc5ccccc54)cc3O2)c2cccnc2-c2ncccc21. The van der Waals surface area contributed by atoms with Gasteiger partial charge in [-0.3, -0.25) is 9.97 Å². The van der Waals surface area contributed by atoms with Crippen molar-refractivity contribution in [2.45, 2.75) is 15.2 Å². The van der Waals surface area contributed by atoms with E-state index < -0.39 is 5.41 Å². The molecule has 5 heterocycles. The summed E-state index contributed by atoms with van der Waals surface area (Å²) in [4.78, 5) is 18.5. The Kier molecular flexibility index (Phi) is 6.17. The van der Waals surface area contributed by atoms with E-state index in [1.165, 1.54) is 9.79 Å². The van der Waals surface area contributed by atoms with E-state index >= 15 is 0 Å². The van der Waals surface area contributed by atoms with E-state index in [1.807, 2.05) is 36.7 Å². The van der Waals surface area contributed by atoms with Crippen LogP contribution in [0.2, 0.25) is 0 Å². The highest BCUT2D eigenvalue weighted by atomic mass is 32.2. The fraction of sp³-hybridized carbons (Fsp3) is 0.0208. The molecule has 2 aliphatic heterocycles. The molecule has 6 aromatic carbocycles. The molecule has 6 nitrogen and oxygen atoms in total. The normalized spacial score (nSPS) is 14.0. The maximum absolute atomic E-state index is 7.78. The molecular formula is C48H27N5OS. The molecule has 7 heteroatoms. The molecule has 0 saturated heterocycles. The highest BCUT2D eigenvalue weighted by molar-refractivity contribution is 7.99. The molecule has 9 aromatic rings. The van der Waals surface area contributed by atoms with Crippen LogP contribution in [0, 0.1) is 6.57 Å². The summed E-state index contributed by atoms with van der Waals surface area (Å²) >= 11 is 1.80. The van der Waals surface area contributed by atoms with E-state index in [4.69, 9.17) is 21.3 Å². The second-order valence-electron chi connectivity index (χ2n) is 14.0. The van der Waals surface area contributed by atoms with E-state index in [9.17, 15) is 0 Å². The van der Waals surface area contributed by atoms with Crippen LogP contribution in [0.5, 0.6) is 11.5 Å². The molecule has 256 valence electrons. The van der Waals surface area contributed by atoms with Gasteiger partial charge in [0.15, 0.2) is 5.69 Å². The molecule has 0 unspecified atom stereocenters. The van der Waals surface area contributed by atoms with Crippen molar-refractivity contribution in [3.05, 3.63) is 198 Å². The van der Waals surface area contributed by atoms with Gasteiger partial charge in [0.2, 0.25) is 0 Å². The minimum Gasteiger partial charge on any atom is -0.457 e. The van der Waals surface area contributed by atoms with Crippen LogP contribution in [0.4, 0.5) is 22.7 Å². The number of ether oxygens (including phenoxy) is 1. The second kappa shape index (κ2) is 11.2. The van der Waals surface area contributed by atoms with Gasteiger partial charge in [0.05, 0.1) is 51.5 Å². The van der Waals surface area contributed by atoms with Crippen LogP contribution in [0.25, 0.3) is 43.7 Å². The number of aromatic nitrogens is 3. The Morgan fingerprint density at radius 2 is 1.24 bits per heavy atom. The third kappa shape index (κ3) is 3.98. The predicted octanol–water partition coefficient (Wildman–Crippen LogP) is 12.5. The Morgan fingerprint density at radius 3 is 1.98 bits per heavy atom. The molecule has 55 heavy (non-hydrogen) atoms. The maximum atomic E-state index is 7.78. The van der Waals surface area contributed by atoms with Gasteiger partial charge in [-0.25, -0.2) is 4.85 Å². The topological polar surface area (TPSA) is 47.5 Å². The third-order valence-electron chi connectivity index (χ3n) is 11.3.